The van der Waals surface area contributed by atoms with E-state index in [4.69, 9.17) is 5.73 Å². The van der Waals surface area contributed by atoms with Gasteiger partial charge < -0.3 is 11.1 Å². The molecular formula is C6H12N2O. The predicted molar refractivity (Wildman–Crippen MR) is 35.1 cm³/mol. The minimum atomic E-state index is -0.564. The third-order valence-electron chi connectivity index (χ3n) is 1.74. The molecule has 1 aliphatic rings. The molecule has 1 atom stereocenters. The number of Topliss-reactive ketones (excluding diaryl/α,β-unsaturated/α-hetero) is 1. The average molecular weight is 128 g/mol. The minimum Gasteiger partial charge on any atom is -0.319 e. The Kier molecular flexibility index (Phi) is 1.55. The summed E-state index contributed by atoms with van der Waals surface area (Å²) in [5, 5.41) is 2.96. The number of ketones is 1. The Morgan fingerprint density at radius 2 is 2.44 bits per heavy atom. The van der Waals surface area contributed by atoms with Crippen molar-refractivity contribution < 1.29 is 4.79 Å². The van der Waals surface area contributed by atoms with Crippen molar-refractivity contribution in [2.24, 2.45) is 5.73 Å². The Bertz CT molecular complexity index is 131. The van der Waals surface area contributed by atoms with Crippen LogP contribution in [0.1, 0.15) is 13.3 Å². The predicted octanol–water partition coefficient (Wildman–Crippen LogP) is -0.734. The molecule has 0 radical (unpaired) electrons. The topological polar surface area (TPSA) is 55.1 Å². The summed E-state index contributed by atoms with van der Waals surface area (Å²) < 4.78 is 0. The molecule has 9 heavy (non-hydrogen) atoms. The van der Waals surface area contributed by atoms with E-state index in [0.717, 1.165) is 13.0 Å². The van der Waals surface area contributed by atoms with E-state index in [1.165, 1.54) is 0 Å². The van der Waals surface area contributed by atoms with Gasteiger partial charge in [0.25, 0.3) is 0 Å². The van der Waals surface area contributed by atoms with Crippen molar-refractivity contribution in [2.75, 3.05) is 13.1 Å². The van der Waals surface area contributed by atoms with Gasteiger partial charge in [-0.05, 0) is 19.9 Å². The van der Waals surface area contributed by atoms with E-state index in [-0.39, 0.29) is 5.78 Å². The SMILES string of the molecule is CC1(N)CCNCC1=O. The van der Waals surface area contributed by atoms with Gasteiger partial charge in [0.1, 0.15) is 0 Å². The highest BCUT2D eigenvalue weighted by atomic mass is 16.1. The molecule has 0 amide bonds. The second kappa shape index (κ2) is 2.08. The molecule has 3 heteroatoms. The van der Waals surface area contributed by atoms with Crippen LogP contribution in [0.5, 0.6) is 0 Å². The number of carbonyl (C=O) groups is 1. The van der Waals surface area contributed by atoms with Gasteiger partial charge in [-0.15, -0.1) is 0 Å². The molecule has 1 unspecified atom stereocenters. The number of hydrogen-bond acceptors (Lipinski definition) is 3. The first-order valence-corrected chi connectivity index (χ1v) is 3.16. The van der Waals surface area contributed by atoms with Crippen LogP contribution >= 0.6 is 0 Å². The Morgan fingerprint density at radius 3 is 2.78 bits per heavy atom. The second-order valence-corrected chi connectivity index (χ2v) is 2.77. The molecule has 52 valence electrons. The molecule has 1 heterocycles. The first kappa shape index (κ1) is 6.71. The van der Waals surface area contributed by atoms with Crippen molar-refractivity contribution in [3.05, 3.63) is 0 Å². The van der Waals surface area contributed by atoms with Crippen LogP contribution in [0.15, 0.2) is 0 Å². The van der Waals surface area contributed by atoms with Crippen LogP contribution in [-0.4, -0.2) is 24.4 Å². The van der Waals surface area contributed by atoms with Crippen molar-refractivity contribution in [1.29, 1.82) is 0 Å². The number of nitrogens with two attached hydrogens (primary N) is 1. The zero-order valence-corrected chi connectivity index (χ0v) is 5.61. The molecule has 0 saturated carbocycles. The molecule has 0 bridgehead atoms. The molecule has 3 N–H and O–H groups in total. The number of carbonyl (C=O) groups excluding carboxylic acids is 1. The molecule has 0 aromatic carbocycles. The zero-order chi connectivity index (χ0) is 6.91. The third-order valence-corrected chi connectivity index (χ3v) is 1.74. The molecule has 1 rings (SSSR count). The van der Waals surface area contributed by atoms with Crippen LogP contribution in [0.2, 0.25) is 0 Å². The number of piperidine rings is 1. The van der Waals surface area contributed by atoms with Gasteiger partial charge in [-0.2, -0.15) is 0 Å². The lowest BCUT2D eigenvalue weighted by atomic mass is 9.91. The quantitative estimate of drug-likeness (QED) is 0.452. The van der Waals surface area contributed by atoms with Crippen molar-refractivity contribution in [1.82, 2.24) is 5.32 Å². The summed E-state index contributed by atoms with van der Waals surface area (Å²) in [6.07, 6.45) is 0.756. The first-order valence-electron chi connectivity index (χ1n) is 3.16. The standard InChI is InChI=1S/C6H12N2O/c1-6(7)2-3-8-4-5(6)9/h8H,2-4,7H2,1H3. The van der Waals surface area contributed by atoms with Gasteiger partial charge in [0.2, 0.25) is 0 Å². The van der Waals surface area contributed by atoms with Crippen molar-refractivity contribution in [2.45, 2.75) is 18.9 Å². The second-order valence-electron chi connectivity index (χ2n) is 2.77. The molecule has 0 aliphatic carbocycles. The van der Waals surface area contributed by atoms with Crippen molar-refractivity contribution in [3.8, 4) is 0 Å². The summed E-state index contributed by atoms with van der Waals surface area (Å²) in [7, 11) is 0. The van der Waals surface area contributed by atoms with Crippen molar-refractivity contribution in [3.63, 3.8) is 0 Å². The van der Waals surface area contributed by atoms with Crippen LogP contribution in [-0.2, 0) is 4.79 Å². The van der Waals surface area contributed by atoms with Gasteiger partial charge in [0.15, 0.2) is 5.78 Å². The maximum atomic E-state index is 10.9. The first-order chi connectivity index (χ1) is 4.13. The van der Waals surface area contributed by atoms with Crippen LogP contribution < -0.4 is 11.1 Å². The maximum Gasteiger partial charge on any atom is 0.166 e. The normalized spacial score (nSPS) is 36.9. The summed E-state index contributed by atoms with van der Waals surface area (Å²) in [5.74, 6) is 0.119. The monoisotopic (exact) mass is 128 g/mol. The molecule has 1 aliphatic heterocycles. The van der Waals surface area contributed by atoms with Gasteiger partial charge in [0, 0.05) is 0 Å². The third kappa shape index (κ3) is 1.28. The van der Waals surface area contributed by atoms with Gasteiger partial charge in [-0.1, -0.05) is 0 Å². The van der Waals surface area contributed by atoms with Crippen LogP contribution in [0.4, 0.5) is 0 Å². The smallest absolute Gasteiger partial charge is 0.166 e. The summed E-state index contributed by atoms with van der Waals surface area (Å²) in [6.45, 7) is 3.09. The highest BCUT2D eigenvalue weighted by Gasteiger charge is 2.29. The fourth-order valence-corrected chi connectivity index (χ4v) is 0.891. The molecular weight excluding hydrogens is 116 g/mol. The van der Waals surface area contributed by atoms with Crippen LogP contribution in [0.3, 0.4) is 0 Å². The van der Waals surface area contributed by atoms with E-state index >= 15 is 0 Å². The molecule has 0 spiro atoms. The van der Waals surface area contributed by atoms with Crippen molar-refractivity contribution >= 4 is 5.78 Å². The lowest BCUT2D eigenvalue weighted by Gasteiger charge is -2.27. The van der Waals surface area contributed by atoms with E-state index in [9.17, 15) is 4.79 Å². The minimum absolute atomic E-state index is 0.119. The van der Waals surface area contributed by atoms with E-state index in [1.54, 1.807) is 6.92 Å². The summed E-state index contributed by atoms with van der Waals surface area (Å²) >= 11 is 0. The zero-order valence-electron chi connectivity index (χ0n) is 5.61. The van der Waals surface area contributed by atoms with Crippen LogP contribution in [0.25, 0.3) is 0 Å². The largest absolute Gasteiger partial charge is 0.319 e. The van der Waals surface area contributed by atoms with E-state index < -0.39 is 5.54 Å². The molecule has 1 saturated heterocycles. The Labute approximate surface area is 54.6 Å². The average Bonchev–Trinajstić information content (AvgIpc) is 1.77. The number of rotatable bonds is 0. The van der Waals surface area contributed by atoms with Gasteiger partial charge in [0.05, 0.1) is 12.1 Å². The molecule has 0 aromatic rings. The van der Waals surface area contributed by atoms with Gasteiger partial charge >= 0.3 is 0 Å². The molecule has 1 fully saturated rings. The highest BCUT2D eigenvalue weighted by Crippen LogP contribution is 2.08. The molecule has 0 aromatic heterocycles. The Hall–Kier alpha value is -0.410. The van der Waals surface area contributed by atoms with E-state index in [0.29, 0.717) is 6.54 Å². The summed E-state index contributed by atoms with van der Waals surface area (Å²) in [6, 6.07) is 0. The number of hydrogen-bond donors (Lipinski definition) is 2. The summed E-state index contributed by atoms with van der Waals surface area (Å²) in [5.41, 5.74) is 5.07. The van der Waals surface area contributed by atoms with Crippen LogP contribution in [0, 0.1) is 0 Å². The summed E-state index contributed by atoms with van der Waals surface area (Å²) in [4.78, 5) is 10.9. The van der Waals surface area contributed by atoms with Gasteiger partial charge in [-0.3, -0.25) is 4.79 Å². The number of nitrogens with one attached hydrogen (secondary N) is 1. The fourth-order valence-electron chi connectivity index (χ4n) is 0.891. The van der Waals surface area contributed by atoms with E-state index in [1.807, 2.05) is 0 Å². The Morgan fingerprint density at radius 1 is 1.78 bits per heavy atom. The Balaban J connectivity index is 2.60. The van der Waals surface area contributed by atoms with E-state index in [2.05, 4.69) is 5.32 Å². The molecule has 3 nitrogen and oxygen atoms in total. The lowest BCUT2D eigenvalue weighted by Crippen LogP contribution is -2.54. The van der Waals surface area contributed by atoms with Gasteiger partial charge in [-0.25, -0.2) is 0 Å². The maximum absolute atomic E-state index is 10.9. The fraction of sp³-hybridized carbons (Fsp3) is 0.833. The highest BCUT2D eigenvalue weighted by molar-refractivity contribution is 5.90. The lowest BCUT2D eigenvalue weighted by molar-refractivity contribution is -0.124.